The number of hydrogen-bond donors (Lipinski definition) is 1. The Hall–Kier alpha value is -1.21. The van der Waals surface area contributed by atoms with Gasteiger partial charge in [0.1, 0.15) is 6.07 Å². The van der Waals surface area contributed by atoms with E-state index in [2.05, 4.69) is 26.2 Å². The van der Waals surface area contributed by atoms with Crippen LogP contribution in [0.4, 0.5) is 5.69 Å². The lowest BCUT2D eigenvalue weighted by molar-refractivity contribution is 1.27. The highest BCUT2D eigenvalue weighted by Crippen LogP contribution is 2.33. The summed E-state index contributed by atoms with van der Waals surface area (Å²) in [7, 11) is 0. The number of nitriles is 2. The molecule has 86 valence electrons. The van der Waals surface area contributed by atoms with Gasteiger partial charge in [-0.05, 0) is 34.3 Å². The normalized spacial score (nSPS) is 10.5. The molecule has 0 radical (unpaired) electrons. The number of amidine groups is 1. The van der Waals surface area contributed by atoms with E-state index in [1.807, 2.05) is 6.07 Å². The van der Waals surface area contributed by atoms with E-state index in [4.69, 9.17) is 22.1 Å². The van der Waals surface area contributed by atoms with Gasteiger partial charge < -0.3 is 0 Å². The Morgan fingerprint density at radius 2 is 2.24 bits per heavy atom. The van der Waals surface area contributed by atoms with Crippen LogP contribution in [0.1, 0.15) is 5.56 Å². The molecule has 4 nitrogen and oxygen atoms in total. The van der Waals surface area contributed by atoms with Crippen LogP contribution in [-0.2, 0) is 0 Å². The molecular formula is C10H6BrClN4S. The maximum absolute atomic E-state index is 9.02. The summed E-state index contributed by atoms with van der Waals surface area (Å²) < 4.78 is 0.633. The van der Waals surface area contributed by atoms with Crippen molar-refractivity contribution in [3.63, 3.8) is 0 Å². The maximum Gasteiger partial charge on any atom is 0.183 e. The van der Waals surface area contributed by atoms with Crippen molar-refractivity contribution < 1.29 is 0 Å². The molecule has 0 amide bonds. The van der Waals surface area contributed by atoms with Gasteiger partial charge in [0.15, 0.2) is 11.4 Å². The zero-order valence-corrected chi connectivity index (χ0v) is 11.8. The third-order valence-electron chi connectivity index (χ3n) is 1.76. The molecule has 0 aromatic heterocycles. The minimum atomic E-state index is 0.271. The highest BCUT2D eigenvalue weighted by Gasteiger charge is 2.10. The van der Waals surface area contributed by atoms with Crippen LogP contribution < -0.4 is 5.32 Å². The lowest BCUT2D eigenvalue weighted by Crippen LogP contribution is -2.12. The molecule has 1 aromatic carbocycles. The van der Waals surface area contributed by atoms with Crippen LogP contribution in [-0.4, -0.2) is 11.4 Å². The van der Waals surface area contributed by atoms with Gasteiger partial charge in [-0.25, -0.2) is 4.99 Å². The van der Waals surface area contributed by atoms with Gasteiger partial charge in [0.25, 0.3) is 0 Å². The van der Waals surface area contributed by atoms with Gasteiger partial charge in [-0.15, -0.1) is 0 Å². The molecule has 0 unspecified atom stereocenters. The van der Waals surface area contributed by atoms with Gasteiger partial charge in [0, 0.05) is 4.47 Å². The Morgan fingerprint density at radius 1 is 1.53 bits per heavy atom. The number of halogens is 2. The Morgan fingerprint density at radius 3 is 2.76 bits per heavy atom. The SMILES string of the molecule is CSC(=Nc1ccc(Br)c(Cl)c1C#N)NC#N. The van der Waals surface area contributed by atoms with Crippen molar-refractivity contribution in [2.75, 3.05) is 6.26 Å². The van der Waals surface area contributed by atoms with Crippen molar-refractivity contribution in [1.82, 2.24) is 5.32 Å². The molecule has 0 fully saturated rings. The van der Waals surface area contributed by atoms with Gasteiger partial charge in [-0.2, -0.15) is 10.5 Å². The molecule has 1 N–H and O–H groups in total. The molecule has 0 atom stereocenters. The van der Waals surface area contributed by atoms with Crippen molar-refractivity contribution in [2.45, 2.75) is 0 Å². The third-order valence-corrected chi connectivity index (χ3v) is 3.62. The average Bonchev–Trinajstić information content (AvgIpc) is 2.33. The highest BCUT2D eigenvalue weighted by atomic mass is 79.9. The number of rotatable bonds is 1. The summed E-state index contributed by atoms with van der Waals surface area (Å²) in [6.07, 6.45) is 3.55. The molecule has 0 aliphatic rings. The Balaban J connectivity index is 3.29. The van der Waals surface area contributed by atoms with E-state index < -0.39 is 0 Å². The lowest BCUT2D eigenvalue weighted by Gasteiger charge is -2.04. The van der Waals surface area contributed by atoms with Gasteiger partial charge in [-0.1, -0.05) is 23.4 Å². The fraction of sp³-hybridized carbons (Fsp3) is 0.100. The fourth-order valence-corrected chi connectivity index (χ4v) is 1.89. The fourth-order valence-electron chi connectivity index (χ4n) is 1.02. The third kappa shape index (κ3) is 3.37. The van der Waals surface area contributed by atoms with Crippen molar-refractivity contribution in [3.05, 3.63) is 27.2 Å². The van der Waals surface area contributed by atoms with E-state index >= 15 is 0 Å². The molecule has 0 spiro atoms. The Bertz CT molecular complexity index is 544. The quantitative estimate of drug-likeness (QED) is 0.371. The number of nitrogens with zero attached hydrogens (tertiary/aromatic N) is 3. The molecule has 0 heterocycles. The van der Waals surface area contributed by atoms with E-state index in [1.54, 1.807) is 24.6 Å². The Labute approximate surface area is 116 Å². The first-order valence-corrected chi connectivity index (χ1v) is 6.69. The summed E-state index contributed by atoms with van der Waals surface area (Å²) in [5.74, 6) is 0. The van der Waals surface area contributed by atoms with Crippen LogP contribution in [0.25, 0.3) is 0 Å². The standard InChI is InChI=1S/C10H6BrClN4S/c1-17-10(15-5-14)16-8-3-2-7(11)9(12)6(8)4-13/h2-3H,1H3,(H,15,16). The van der Waals surface area contributed by atoms with Crippen molar-refractivity contribution >= 4 is 50.1 Å². The molecule has 0 saturated heterocycles. The molecular weight excluding hydrogens is 324 g/mol. The second kappa shape index (κ2) is 6.51. The highest BCUT2D eigenvalue weighted by molar-refractivity contribution is 9.10. The second-order valence-electron chi connectivity index (χ2n) is 2.73. The monoisotopic (exact) mass is 328 g/mol. The number of benzene rings is 1. The summed E-state index contributed by atoms with van der Waals surface area (Å²) in [6.45, 7) is 0. The summed E-state index contributed by atoms with van der Waals surface area (Å²) in [4.78, 5) is 4.16. The van der Waals surface area contributed by atoms with Gasteiger partial charge in [0.05, 0.1) is 16.3 Å². The summed E-state index contributed by atoms with van der Waals surface area (Å²) >= 11 is 10.5. The van der Waals surface area contributed by atoms with Crippen LogP contribution in [0.2, 0.25) is 5.02 Å². The molecule has 0 aliphatic heterocycles. The first-order valence-electron chi connectivity index (χ1n) is 4.30. The minimum Gasteiger partial charge on any atom is -0.271 e. The zero-order chi connectivity index (χ0) is 12.8. The molecule has 17 heavy (non-hydrogen) atoms. The molecule has 7 heteroatoms. The maximum atomic E-state index is 9.02. The van der Waals surface area contributed by atoms with Crippen molar-refractivity contribution in [2.24, 2.45) is 4.99 Å². The summed E-state index contributed by atoms with van der Waals surface area (Å²) in [5.41, 5.74) is 0.695. The first kappa shape index (κ1) is 13.9. The molecule has 0 aliphatic carbocycles. The van der Waals surface area contributed by atoms with Gasteiger partial charge in [-0.3, -0.25) is 5.32 Å². The molecule has 1 aromatic rings. The van der Waals surface area contributed by atoms with Gasteiger partial charge in [0.2, 0.25) is 0 Å². The number of aliphatic imine (C=N–C) groups is 1. The topological polar surface area (TPSA) is 72.0 Å². The molecule has 0 saturated carbocycles. The average molecular weight is 330 g/mol. The van der Waals surface area contributed by atoms with E-state index in [9.17, 15) is 0 Å². The molecule has 1 rings (SSSR count). The van der Waals surface area contributed by atoms with Crippen LogP contribution in [0, 0.1) is 22.8 Å². The van der Waals surface area contributed by atoms with Crippen LogP contribution in [0.5, 0.6) is 0 Å². The smallest absolute Gasteiger partial charge is 0.183 e. The Kier molecular flexibility index (Phi) is 5.30. The van der Waals surface area contributed by atoms with Crippen LogP contribution in [0.3, 0.4) is 0 Å². The largest absolute Gasteiger partial charge is 0.271 e. The first-order chi connectivity index (χ1) is 8.13. The second-order valence-corrected chi connectivity index (χ2v) is 4.75. The number of nitrogens with one attached hydrogen (secondary N) is 1. The van der Waals surface area contributed by atoms with E-state index in [-0.39, 0.29) is 5.56 Å². The predicted molar refractivity (Wildman–Crippen MR) is 73.2 cm³/mol. The van der Waals surface area contributed by atoms with Crippen LogP contribution in [0.15, 0.2) is 21.6 Å². The molecule has 0 bridgehead atoms. The lowest BCUT2D eigenvalue weighted by atomic mass is 10.2. The van der Waals surface area contributed by atoms with E-state index in [0.717, 1.165) is 0 Å². The summed E-state index contributed by atoms with van der Waals surface area (Å²) in [6, 6.07) is 5.34. The van der Waals surface area contributed by atoms with Crippen LogP contribution >= 0.6 is 39.3 Å². The summed E-state index contributed by atoms with van der Waals surface area (Å²) in [5, 5.41) is 20.7. The number of thioether (sulfide) groups is 1. The number of hydrogen-bond acceptors (Lipinski definition) is 4. The van der Waals surface area contributed by atoms with Crippen molar-refractivity contribution in [3.8, 4) is 12.3 Å². The zero-order valence-electron chi connectivity index (χ0n) is 8.66. The minimum absolute atomic E-state index is 0.271. The van der Waals surface area contributed by atoms with E-state index in [1.165, 1.54) is 11.8 Å². The van der Waals surface area contributed by atoms with Gasteiger partial charge >= 0.3 is 0 Å². The van der Waals surface area contributed by atoms with E-state index in [0.29, 0.717) is 20.4 Å². The predicted octanol–water partition coefficient (Wildman–Crippen LogP) is 3.40. The van der Waals surface area contributed by atoms with Crippen molar-refractivity contribution in [1.29, 1.82) is 10.5 Å².